The van der Waals surface area contributed by atoms with Crippen molar-refractivity contribution in [3.8, 4) is 0 Å². The first-order valence-corrected chi connectivity index (χ1v) is 5.92. The minimum absolute atomic E-state index is 0.0318. The average Bonchev–Trinajstić information content (AvgIpc) is 2.74. The molecule has 1 amide bonds. The fourth-order valence-corrected chi connectivity index (χ4v) is 2.06. The normalized spacial score (nSPS) is 25.4. The van der Waals surface area contributed by atoms with Gasteiger partial charge in [-0.2, -0.15) is 13.2 Å². The minimum atomic E-state index is -4.87. The van der Waals surface area contributed by atoms with E-state index in [0.29, 0.717) is 0 Å². The summed E-state index contributed by atoms with van der Waals surface area (Å²) < 4.78 is 38.7. The Labute approximate surface area is 108 Å². The number of hydrogen-bond acceptors (Lipinski definition) is 3. The standard InChI is InChI=1S/C11H17F3N2O3/c1-7(5-15)4-8(17)16-3-2-10(6-16,9(18)19)11(12,13)14/h7H,2-6,15H2,1H3,(H,18,19). The third-order valence-electron chi connectivity index (χ3n) is 3.50. The second-order valence-corrected chi connectivity index (χ2v) is 5.00. The number of carboxylic acid groups (broad SMARTS) is 1. The summed E-state index contributed by atoms with van der Waals surface area (Å²) in [7, 11) is 0. The lowest BCUT2D eigenvalue weighted by molar-refractivity contribution is -0.227. The van der Waals surface area contributed by atoms with Crippen LogP contribution in [-0.2, 0) is 9.59 Å². The number of carbonyl (C=O) groups excluding carboxylic acids is 1. The Hall–Kier alpha value is -1.31. The van der Waals surface area contributed by atoms with Crippen LogP contribution in [0, 0.1) is 11.3 Å². The molecule has 0 radical (unpaired) electrons. The van der Waals surface area contributed by atoms with Crippen LogP contribution < -0.4 is 5.73 Å². The van der Waals surface area contributed by atoms with Gasteiger partial charge in [0.15, 0.2) is 5.41 Å². The first-order valence-electron chi connectivity index (χ1n) is 5.92. The Bertz CT molecular complexity index is 373. The number of alkyl halides is 3. The van der Waals surface area contributed by atoms with E-state index in [1.807, 2.05) is 0 Å². The van der Waals surface area contributed by atoms with Gasteiger partial charge in [-0.3, -0.25) is 9.59 Å². The van der Waals surface area contributed by atoms with Gasteiger partial charge in [-0.15, -0.1) is 0 Å². The zero-order valence-electron chi connectivity index (χ0n) is 10.5. The van der Waals surface area contributed by atoms with Crippen LogP contribution in [0.5, 0.6) is 0 Å². The molecule has 0 saturated carbocycles. The van der Waals surface area contributed by atoms with Crippen molar-refractivity contribution in [2.24, 2.45) is 17.1 Å². The summed E-state index contributed by atoms with van der Waals surface area (Å²) in [5.41, 5.74) is 2.51. The molecule has 3 N–H and O–H groups in total. The molecular formula is C11H17F3N2O3. The van der Waals surface area contributed by atoms with E-state index < -0.39 is 36.4 Å². The third kappa shape index (κ3) is 2.99. The van der Waals surface area contributed by atoms with Crippen LogP contribution in [0.3, 0.4) is 0 Å². The molecule has 1 fully saturated rings. The van der Waals surface area contributed by atoms with E-state index in [2.05, 4.69) is 0 Å². The van der Waals surface area contributed by atoms with Gasteiger partial charge in [0.25, 0.3) is 0 Å². The molecule has 0 spiro atoms. The van der Waals surface area contributed by atoms with E-state index in [0.717, 1.165) is 4.90 Å². The largest absolute Gasteiger partial charge is 0.481 e. The zero-order chi connectivity index (χ0) is 14.8. The summed E-state index contributed by atoms with van der Waals surface area (Å²) in [6.45, 7) is 0.953. The molecule has 19 heavy (non-hydrogen) atoms. The monoisotopic (exact) mass is 282 g/mol. The maximum Gasteiger partial charge on any atom is 0.406 e. The number of aliphatic carboxylic acids is 1. The van der Waals surface area contributed by atoms with Crippen molar-refractivity contribution in [2.45, 2.75) is 25.9 Å². The molecule has 1 heterocycles. The molecule has 1 saturated heterocycles. The Balaban J connectivity index is 2.81. The van der Waals surface area contributed by atoms with Crippen LogP contribution in [0.1, 0.15) is 19.8 Å². The number of carbonyl (C=O) groups is 2. The van der Waals surface area contributed by atoms with Gasteiger partial charge >= 0.3 is 12.1 Å². The number of rotatable bonds is 4. The van der Waals surface area contributed by atoms with Crippen molar-refractivity contribution < 1.29 is 27.9 Å². The molecule has 1 aliphatic rings. The predicted molar refractivity (Wildman–Crippen MR) is 60.2 cm³/mol. The topological polar surface area (TPSA) is 83.6 Å². The summed E-state index contributed by atoms with van der Waals surface area (Å²) >= 11 is 0. The Morgan fingerprint density at radius 3 is 2.42 bits per heavy atom. The van der Waals surface area contributed by atoms with Gasteiger partial charge in [0.05, 0.1) is 0 Å². The summed E-state index contributed by atoms with van der Waals surface area (Å²) in [6.07, 6.45) is -5.44. The number of likely N-dealkylation sites (tertiary alicyclic amines) is 1. The van der Waals surface area contributed by atoms with Crippen LogP contribution >= 0.6 is 0 Å². The molecule has 1 aliphatic heterocycles. The molecule has 0 aliphatic carbocycles. The fourth-order valence-electron chi connectivity index (χ4n) is 2.06. The van der Waals surface area contributed by atoms with Gasteiger partial charge in [-0.1, -0.05) is 6.92 Å². The first kappa shape index (κ1) is 15.7. The molecule has 8 heteroatoms. The Morgan fingerprint density at radius 2 is 2.05 bits per heavy atom. The Morgan fingerprint density at radius 1 is 1.47 bits per heavy atom. The summed E-state index contributed by atoms with van der Waals surface area (Å²) in [4.78, 5) is 23.7. The molecule has 0 aromatic carbocycles. The average molecular weight is 282 g/mol. The van der Waals surface area contributed by atoms with E-state index in [-0.39, 0.29) is 25.4 Å². The lowest BCUT2D eigenvalue weighted by atomic mass is 9.86. The van der Waals surface area contributed by atoms with E-state index in [1.54, 1.807) is 6.92 Å². The highest BCUT2D eigenvalue weighted by atomic mass is 19.4. The Kier molecular flexibility index (Phi) is 4.44. The molecule has 2 unspecified atom stereocenters. The van der Waals surface area contributed by atoms with Crippen molar-refractivity contribution in [1.82, 2.24) is 4.90 Å². The number of hydrogen-bond donors (Lipinski definition) is 2. The van der Waals surface area contributed by atoms with E-state index in [9.17, 15) is 22.8 Å². The summed E-state index contributed by atoms with van der Waals surface area (Å²) in [5.74, 6) is -2.55. The number of nitrogens with two attached hydrogens (primary N) is 1. The fraction of sp³-hybridized carbons (Fsp3) is 0.818. The molecule has 2 atom stereocenters. The number of halogens is 3. The molecule has 0 bridgehead atoms. The van der Waals surface area contributed by atoms with Gasteiger partial charge in [-0.25, -0.2) is 0 Å². The number of amides is 1. The maximum atomic E-state index is 12.9. The van der Waals surface area contributed by atoms with E-state index in [4.69, 9.17) is 10.8 Å². The molecular weight excluding hydrogens is 265 g/mol. The quantitative estimate of drug-likeness (QED) is 0.800. The smallest absolute Gasteiger partial charge is 0.406 e. The van der Waals surface area contributed by atoms with Gasteiger partial charge in [0.1, 0.15) is 0 Å². The highest BCUT2D eigenvalue weighted by molar-refractivity contribution is 5.81. The summed E-state index contributed by atoms with van der Waals surface area (Å²) in [6, 6.07) is 0. The van der Waals surface area contributed by atoms with Crippen LogP contribution in [0.2, 0.25) is 0 Å². The van der Waals surface area contributed by atoms with Gasteiger partial charge in [-0.05, 0) is 18.9 Å². The number of nitrogens with zero attached hydrogens (tertiary/aromatic N) is 1. The second-order valence-electron chi connectivity index (χ2n) is 5.00. The SMILES string of the molecule is CC(CN)CC(=O)N1CCC(C(=O)O)(C(F)(F)F)C1. The zero-order valence-corrected chi connectivity index (χ0v) is 10.5. The molecule has 0 aromatic rings. The highest BCUT2D eigenvalue weighted by Gasteiger charge is 2.64. The lowest BCUT2D eigenvalue weighted by Gasteiger charge is -2.27. The van der Waals surface area contributed by atoms with Crippen LogP contribution in [-0.4, -0.2) is 47.7 Å². The molecule has 5 nitrogen and oxygen atoms in total. The van der Waals surface area contributed by atoms with Crippen LogP contribution in [0.15, 0.2) is 0 Å². The van der Waals surface area contributed by atoms with E-state index >= 15 is 0 Å². The lowest BCUT2D eigenvalue weighted by Crippen LogP contribution is -2.47. The van der Waals surface area contributed by atoms with Crippen molar-refractivity contribution in [3.63, 3.8) is 0 Å². The molecule has 1 rings (SSSR count). The maximum absolute atomic E-state index is 12.9. The van der Waals surface area contributed by atoms with Crippen molar-refractivity contribution in [3.05, 3.63) is 0 Å². The molecule has 110 valence electrons. The predicted octanol–water partition coefficient (Wildman–Crippen LogP) is 0.837. The van der Waals surface area contributed by atoms with Crippen molar-refractivity contribution >= 4 is 11.9 Å². The van der Waals surface area contributed by atoms with Crippen molar-refractivity contribution in [2.75, 3.05) is 19.6 Å². The third-order valence-corrected chi connectivity index (χ3v) is 3.50. The summed E-state index contributed by atoms with van der Waals surface area (Å²) in [5, 5.41) is 8.85. The van der Waals surface area contributed by atoms with Gasteiger partial charge in [0, 0.05) is 19.5 Å². The van der Waals surface area contributed by atoms with Gasteiger partial charge in [0.2, 0.25) is 5.91 Å². The number of carboxylic acids is 1. The van der Waals surface area contributed by atoms with Crippen LogP contribution in [0.25, 0.3) is 0 Å². The van der Waals surface area contributed by atoms with E-state index in [1.165, 1.54) is 0 Å². The van der Waals surface area contributed by atoms with Crippen LogP contribution in [0.4, 0.5) is 13.2 Å². The first-order chi connectivity index (χ1) is 8.64. The minimum Gasteiger partial charge on any atom is -0.481 e. The molecule has 0 aromatic heterocycles. The van der Waals surface area contributed by atoms with Gasteiger partial charge < -0.3 is 15.7 Å². The highest BCUT2D eigenvalue weighted by Crippen LogP contribution is 2.45. The van der Waals surface area contributed by atoms with Crippen molar-refractivity contribution in [1.29, 1.82) is 0 Å². The second kappa shape index (κ2) is 5.36.